The van der Waals surface area contributed by atoms with E-state index in [1.54, 1.807) is 0 Å². The van der Waals surface area contributed by atoms with E-state index < -0.39 is 17.0 Å². The topological polar surface area (TPSA) is 55.1 Å². The fourth-order valence-electron chi connectivity index (χ4n) is 2.49. The molecule has 0 bridgehead atoms. The average Bonchev–Trinajstić information content (AvgIpc) is 3.25. The van der Waals surface area contributed by atoms with E-state index in [0.717, 1.165) is 11.6 Å². The molecule has 0 aromatic heterocycles. The molecule has 1 saturated carbocycles. The predicted molar refractivity (Wildman–Crippen MR) is 76.8 cm³/mol. The average molecular weight is 288 g/mol. The van der Waals surface area contributed by atoms with Gasteiger partial charge in [-0.3, -0.25) is 4.79 Å². The van der Waals surface area contributed by atoms with Gasteiger partial charge in [-0.1, -0.05) is 30.3 Å². The second-order valence-corrected chi connectivity index (χ2v) is 5.25. The van der Waals surface area contributed by atoms with E-state index in [4.69, 9.17) is 5.73 Å². The summed E-state index contributed by atoms with van der Waals surface area (Å²) in [6, 6.07) is 11.0. The smallest absolute Gasteiger partial charge is 0.235 e. The van der Waals surface area contributed by atoms with Crippen LogP contribution in [0.4, 0.5) is 20.2 Å². The molecule has 1 aliphatic rings. The van der Waals surface area contributed by atoms with Crippen molar-refractivity contribution in [3.63, 3.8) is 0 Å². The summed E-state index contributed by atoms with van der Waals surface area (Å²) in [6.45, 7) is 0. The highest BCUT2D eigenvalue weighted by Crippen LogP contribution is 2.49. The van der Waals surface area contributed by atoms with Crippen LogP contribution in [0.5, 0.6) is 0 Å². The lowest BCUT2D eigenvalue weighted by Crippen LogP contribution is -2.28. The number of anilines is 2. The molecule has 0 spiro atoms. The molecule has 0 radical (unpaired) electrons. The number of carbonyl (C=O) groups excluding carboxylic acids is 1. The first-order valence-corrected chi connectivity index (χ1v) is 6.64. The number of hydrogen-bond donors (Lipinski definition) is 2. The van der Waals surface area contributed by atoms with Crippen LogP contribution in [0.15, 0.2) is 42.5 Å². The summed E-state index contributed by atoms with van der Waals surface area (Å²) in [7, 11) is 0. The van der Waals surface area contributed by atoms with Gasteiger partial charge in [-0.2, -0.15) is 0 Å². The van der Waals surface area contributed by atoms with E-state index in [2.05, 4.69) is 5.32 Å². The van der Waals surface area contributed by atoms with Crippen molar-refractivity contribution in [3.8, 4) is 0 Å². The lowest BCUT2D eigenvalue weighted by atomic mass is 9.95. The van der Waals surface area contributed by atoms with E-state index in [-0.39, 0.29) is 17.3 Å². The summed E-state index contributed by atoms with van der Waals surface area (Å²) in [6.07, 6.45) is 1.40. The largest absolute Gasteiger partial charge is 0.397 e. The van der Waals surface area contributed by atoms with Crippen molar-refractivity contribution in [1.82, 2.24) is 0 Å². The SMILES string of the molecule is Nc1cc(F)cc(F)c1NC(=O)C1(c2ccccc2)CC1. The molecule has 0 saturated heterocycles. The van der Waals surface area contributed by atoms with Crippen molar-refractivity contribution in [3.05, 3.63) is 59.7 Å². The molecule has 0 unspecified atom stereocenters. The van der Waals surface area contributed by atoms with Crippen LogP contribution >= 0.6 is 0 Å². The number of amides is 1. The second-order valence-electron chi connectivity index (χ2n) is 5.25. The monoisotopic (exact) mass is 288 g/mol. The van der Waals surface area contributed by atoms with Gasteiger partial charge in [0.25, 0.3) is 0 Å². The summed E-state index contributed by atoms with van der Waals surface area (Å²) in [5.41, 5.74) is 5.56. The van der Waals surface area contributed by atoms with Crippen molar-refractivity contribution in [1.29, 1.82) is 0 Å². The minimum atomic E-state index is -0.871. The number of benzene rings is 2. The van der Waals surface area contributed by atoms with Crippen molar-refractivity contribution in [2.45, 2.75) is 18.3 Å². The highest BCUT2D eigenvalue weighted by molar-refractivity contribution is 6.03. The molecule has 108 valence electrons. The van der Waals surface area contributed by atoms with Crippen LogP contribution in [-0.4, -0.2) is 5.91 Å². The van der Waals surface area contributed by atoms with Gasteiger partial charge in [-0.25, -0.2) is 8.78 Å². The van der Waals surface area contributed by atoms with Gasteiger partial charge in [-0.05, 0) is 24.5 Å². The first-order chi connectivity index (χ1) is 10.0. The van der Waals surface area contributed by atoms with Gasteiger partial charge in [0.2, 0.25) is 5.91 Å². The Kier molecular flexibility index (Phi) is 3.12. The third kappa shape index (κ3) is 2.35. The van der Waals surface area contributed by atoms with E-state index in [0.29, 0.717) is 18.9 Å². The van der Waals surface area contributed by atoms with Crippen LogP contribution < -0.4 is 11.1 Å². The molecule has 2 aromatic rings. The Labute approximate surface area is 120 Å². The lowest BCUT2D eigenvalue weighted by molar-refractivity contribution is -0.118. The fraction of sp³-hybridized carbons (Fsp3) is 0.188. The maximum Gasteiger partial charge on any atom is 0.235 e. The Balaban J connectivity index is 1.88. The molecule has 0 heterocycles. The van der Waals surface area contributed by atoms with E-state index in [1.165, 1.54) is 0 Å². The third-order valence-corrected chi connectivity index (χ3v) is 3.84. The minimum absolute atomic E-state index is 0.121. The Morgan fingerprint density at radius 2 is 1.81 bits per heavy atom. The van der Waals surface area contributed by atoms with Crippen LogP contribution in [0.25, 0.3) is 0 Å². The molecule has 1 amide bonds. The summed E-state index contributed by atoms with van der Waals surface area (Å²) in [5, 5.41) is 2.50. The molecule has 1 fully saturated rings. The van der Waals surface area contributed by atoms with Crippen LogP contribution in [-0.2, 0) is 10.2 Å². The zero-order chi connectivity index (χ0) is 15.0. The maximum atomic E-state index is 13.7. The van der Waals surface area contributed by atoms with Crippen molar-refractivity contribution < 1.29 is 13.6 Å². The number of nitrogens with one attached hydrogen (secondary N) is 1. The number of carbonyl (C=O) groups is 1. The summed E-state index contributed by atoms with van der Waals surface area (Å²) >= 11 is 0. The normalized spacial score (nSPS) is 15.5. The van der Waals surface area contributed by atoms with E-state index >= 15 is 0 Å². The van der Waals surface area contributed by atoms with Crippen LogP contribution in [0.3, 0.4) is 0 Å². The Morgan fingerprint density at radius 3 is 2.38 bits per heavy atom. The molecule has 1 aliphatic carbocycles. The predicted octanol–water partition coefficient (Wildman–Crippen LogP) is 3.22. The molecule has 3 rings (SSSR count). The van der Waals surface area contributed by atoms with Crippen LogP contribution in [0, 0.1) is 11.6 Å². The standard InChI is InChI=1S/C16H14F2N2O/c17-11-8-12(18)14(13(19)9-11)20-15(21)16(6-7-16)10-4-2-1-3-5-10/h1-5,8-9H,6-7,19H2,(H,20,21). The highest BCUT2D eigenvalue weighted by Gasteiger charge is 2.51. The quantitative estimate of drug-likeness (QED) is 0.852. The van der Waals surface area contributed by atoms with Gasteiger partial charge in [-0.15, -0.1) is 0 Å². The van der Waals surface area contributed by atoms with Gasteiger partial charge in [0, 0.05) is 6.07 Å². The molecule has 3 N–H and O–H groups in total. The van der Waals surface area contributed by atoms with Crippen molar-refractivity contribution in [2.75, 3.05) is 11.1 Å². The lowest BCUT2D eigenvalue weighted by Gasteiger charge is -2.17. The Hall–Kier alpha value is -2.43. The van der Waals surface area contributed by atoms with Gasteiger partial charge < -0.3 is 11.1 Å². The summed E-state index contributed by atoms with van der Waals surface area (Å²) in [5.74, 6) is -1.96. The highest BCUT2D eigenvalue weighted by atomic mass is 19.1. The molecule has 21 heavy (non-hydrogen) atoms. The van der Waals surface area contributed by atoms with Gasteiger partial charge >= 0.3 is 0 Å². The van der Waals surface area contributed by atoms with Gasteiger partial charge in [0.05, 0.1) is 11.1 Å². The van der Waals surface area contributed by atoms with Gasteiger partial charge in [0.1, 0.15) is 11.5 Å². The van der Waals surface area contributed by atoms with Crippen LogP contribution in [0.1, 0.15) is 18.4 Å². The van der Waals surface area contributed by atoms with Crippen molar-refractivity contribution >= 4 is 17.3 Å². The first kappa shape index (κ1) is 13.5. The molecule has 5 heteroatoms. The fourth-order valence-corrected chi connectivity index (χ4v) is 2.49. The zero-order valence-electron chi connectivity index (χ0n) is 11.2. The molecular formula is C16H14F2N2O. The molecule has 0 atom stereocenters. The molecule has 3 nitrogen and oxygen atoms in total. The number of nitrogen functional groups attached to an aromatic ring is 1. The minimum Gasteiger partial charge on any atom is -0.397 e. The van der Waals surface area contributed by atoms with E-state index in [1.807, 2.05) is 30.3 Å². The Bertz CT molecular complexity index is 674. The van der Waals surface area contributed by atoms with Crippen LogP contribution in [0.2, 0.25) is 0 Å². The second kappa shape index (κ2) is 4.84. The molecular weight excluding hydrogens is 274 g/mol. The number of hydrogen-bond acceptors (Lipinski definition) is 2. The van der Waals surface area contributed by atoms with E-state index in [9.17, 15) is 13.6 Å². The van der Waals surface area contributed by atoms with Gasteiger partial charge in [0.15, 0.2) is 5.82 Å². The maximum absolute atomic E-state index is 13.7. The number of halogens is 2. The first-order valence-electron chi connectivity index (χ1n) is 6.64. The number of rotatable bonds is 3. The Morgan fingerprint density at radius 1 is 1.14 bits per heavy atom. The molecule has 2 aromatic carbocycles. The summed E-state index contributed by atoms with van der Waals surface area (Å²) < 4.78 is 26.8. The number of nitrogens with two attached hydrogens (primary N) is 1. The van der Waals surface area contributed by atoms with Crippen molar-refractivity contribution in [2.24, 2.45) is 0 Å². The third-order valence-electron chi connectivity index (χ3n) is 3.84. The molecule has 0 aliphatic heterocycles. The zero-order valence-corrected chi connectivity index (χ0v) is 11.2. The summed E-state index contributed by atoms with van der Waals surface area (Å²) in [4.78, 5) is 12.5.